The molecule has 0 saturated heterocycles. The summed E-state index contributed by atoms with van der Waals surface area (Å²) in [6.45, 7) is 0. The van der Waals surface area contributed by atoms with Gasteiger partial charge in [0.1, 0.15) is 41.0 Å². The number of fused-ring (bicyclic) bond motifs is 2. The lowest BCUT2D eigenvalue weighted by Gasteiger charge is -2.17. The molecule has 0 bridgehead atoms. The number of nitriles is 3. The second kappa shape index (κ2) is 6.51. The number of nitrogens with zero attached hydrogens (tertiary/aromatic N) is 3. The summed E-state index contributed by atoms with van der Waals surface area (Å²) in [6.07, 6.45) is 0. The fraction of sp³-hybridized carbons (Fsp3) is 0.150. The average Bonchev–Trinajstić information content (AvgIpc) is 2.69. The molecule has 0 unspecified atom stereocenters. The molecule has 26 heavy (non-hydrogen) atoms. The zero-order valence-electron chi connectivity index (χ0n) is 14.4. The fourth-order valence-corrected chi connectivity index (χ4v) is 3.22. The topological polar surface area (TPSA) is 99.1 Å². The van der Waals surface area contributed by atoms with Crippen LogP contribution in [0, 0.1) is 34.0 Å². The molecule has 3 aromatic rings. The molecular formula is C20H13N3O3. The van der Waals surface area contributed by atoms with Crippen molar-refractivity contribution < 1.29 is 14.2 Å². The van der Waals surface area contributed by atoms with E-state index in [4.69, 9.17) is 14.2 Å². The average molecular weight is 343 g/mol. The van der Waals surface area contributed by atoms with E-state index in [1.807, 2.05) is 30.3 Å². The molecule has 126 valence electrons. The van der Waals surface area contributed by atoms with Gasteiger partial charge < -0.3 is 14.2 Å². The Morgan fingerprint density at radius 2 is 1.38 bits per heavy atom. The fourth-order valence-electron chi connectivity index (χ4n) is 3.22. The Morgan fingerprint density at radius 3 is 1.92 bits per heavy atom. The largest absolute Gasteiger partial charge is 0.496 e. The van der Waals surface area contributed by atoms with Crippen molar-refractivity contribution in [3.63, 3.8) is 0 Å². The van der Waals surface area contributed by atoms with Crippen molar-refractivity contribution in [3.8, 4) is 35.5 Å². The Morgan fingerprint density at radius 1 is 0.731 bits per heavy atom. The molecule has 0 fully saturated rings. The summed E-state index contributed by atoms with van der Waals surface area (Å²) in [5.74, 6) is 1.21. The molecule has 0 aliphatic carbocycles. The summed E-state index contributed by atoms with van der Waals surface area (Å²) in [4.78, 5) is 0. The van der Waals surface area contributed by atoms with Crippen LogP contribution in [0.4, 0.5) is 0 Å². The summed E-state index contributed by atoms with van der Waals surface area (Å²) in [6, 6.07) is 13.2. The highest BCUT2D eigenvalue weighted by Gasteiger charge is 2.25. The molecule has 0 saturated carbocycles. The van der Waals surface area contributed by atoms with Crippen LogP contribution in [0.3, 0.4) is 0 Å². The maximum absolute atomic E-state index is 9.65. The van der Waals surface area contributed by atoms with Crippen LogP contribution >= 0.6 is 0 Å². The van der Waals surface area contributed by atoms with Crippen molar-refractivity contribution in [3.05, 3.63) is 41.0 Å². The first-order valence-electron chi connectivity index (χ1n) is 7.58. The molecule has 6 heteroatoms. The van der Waals surface area contributed by atoms with Crippen molar-refractivity contribution in [2.24, 2.45) is 0 Å². The molecule has 0 aliphatic rings. The van der Waals surface area contributed by atoms with E-state index in [2.05, 4.69) is 0 Å². The van der Waals surface area contributed by atoms with Gasteiger partial charge in [-0.2, -0.15) is 15.8 Å². The monoisotopic (exact) mass is 343 g/mol. The van der Waals surface area contributed by atoms with Gasteiger partial charge >= 0.3 is 0 Å². The van der Waals surface area contributed by atoms with Crippen LogP contribution in [-0.2, 0) is 0 Å². The maximum atomic E-state index is 9.65. The summed E-state index contributed by atoms with van der Waals surface area (Å²) >= 11 is 0. The minimum atomic E-state index is -0.0105. The summed E-state index contributed by atoms with van der Waals surface area (Å²) in [7, 11) is 4.46. The first-order valence-corrected chi connectivity index (χ1v) is 7.58. The maximum Gasteiger partial charge on any atom is 0.149 e. The highest BCUT2D eigenvalue weighted by atomic mass is 16.5. The Balaban J connectivity index is 2.76. The number of methoxy groups -OCH3 is 3. The molecule has 0 aromatic heterocycles. The van der Waals surface area contributed by atoms with E-state index in [1.165, 1.54) is 14.2 Å². The molecule has 3 rings (SSSR count). The standard InChI is InChI=1S/C20H13N3O3/c1-24-16-6-4-5-11-7-12-13(8-21)14(9-22)15(10-23)19(25-2)18(12)20(26-3)17(11)16/h4-7H,1-3H3. The lowest BCUT2D eigenvalue weighted by atomic mass is 9.91. The Labute approximate surface area is 150 Å². The van der Waals surface area contributed by atoms with Crippen molar-refractivity contribution >= 4 is 21.5 Å². The predicted molar refractivity (Wildman–Crippen MR) is 95.3 cm³/mol. The molecule has 0 N–H and O–H groups in total. The molecule has 0 atom stereocenters. The Bertz CT molecular complexity index is 1180. The van der Waals surface area contributed by atoms with E-state index in [1.54, 1.807) is 19.2 Å². The molecule has 6 nitrogen and oxygen atoms in total. The third-order valence-electron chi connectivity index (χ3n) is 4.27. The Kier molecular flexibility index (Phi) is 4.23. The molecule has 3 aromatic carbocycles. The molecule has 0 radical (unpaired) electrons. The number of ether oxygens (including phenoxy) is 3. The van der Waals surface area contributed by atoms with Crippen LogP contribution in [-0.4, -0.2) is 21.3 Å². The van der Waals surface area contributed by atoms with Gasteiger partial charge in [0, 0.05) is 5.39 Å². The zero-order valence-corrected chi connectivity index (χ0v) is 14.4. The van der Waals surface area contributed by atoms with Gasteiger partial charge in [0.05, 0.1) is 43.2 Å². The lowest BCUT2D eigenvalue weighted by Crippen LogP contribution is -2.01. The van der Waals surface area contributed by atoms with Gasteiger partial charge in [0.15, 0.2) is 0 Å². The lowest BCUT2D eigenvalue weighted by molar-refractivity contribution is 0.401. The van der Waals surface area contributed by atoms with Crippen molar-refractivity contribution in [2.75, 3.05) is 21.3 Å². The smallest absolute Gasteiger partial charge is 0.149 e. The SMILES string of the molecule is COc1cccc2cc3c(C#N)c(C#N)c(C#N)c(OC)c3c(OC)c12. The number of benzene rings is 3. The molecular weight excluding hydrogens is 330 g/mol. The molecule has 0 aliphatic heterocycles. The van der Waals surface area contributed by atoms with Gasteiger partial charge in [0.25, 0.3) is 0 Å². The van der Waals surface area contributed by atoms with Gasteiger partial charge in [0.2, 0.25) is 0 Å². The van der Waals surface area contributed by atoms with Crippen LogP contribution in [0.25, 0.3) is 21.5 Å². The van der Waals surface area contributed by atoms with Gasteiger partial charge in [-0.3, -0.25) is 0 Å². The number of rotatable bonds is 3. The third kappa shape index (κ3) is 2.16. The third-order valence-corrected chi connectivity index (χ3v) is 4.27. The first-order chi connectivity index (χ1) is 12.7. The van der Waals surface area contributed by atoms with E-state index >= 15 is 0 Å². The van der Waals surface area contributed by atoms with E-state index in [0.29, 0.717) is 27.7 Å². The zero-order chi connectivity index (χ0) is 18.8. The van der Waals surface area contributed by atoms with Gasteiger partial charge in [-0.25, -0.2) is 0 Å². The summed E-state index contributed by atoms with van der Waals surface area (Å²) in [5, 5.41) is 31.1. The predicted octanol–water partition coefficient (Wildman–Crippen LogP) is 3.63. The molecule has 0 amide bonds. The second-order valence-corrected chi connectivity index (χ2v) is 5.38. The van der Waals surface area contributed by atoms with Crippen molar-refractivity contribution in [2.45, 2.75) is 0 Å². The van der Waals surface area contributed by atoms with E-state index < -0.39 is 0 Å². The van der Waals surface area contributed by atoms with Gasteiger partial charge in [-0.15, -0.1) is 0 Å². The highest BCUT2D eigenvalue weighted by molar-refractivity contribution is 6.13. The van der Waals surface area contributed by atoms with Gasteiger partial charge in [-0.05, 0) is 17.5 Å². The second-order valence-electron chi connectivity index (χ2n) is 5.38. The normalized spacial score (nSPS) is 10.0. The van der Waals surface area contributed by atoms with Crippen LogP contribution in [0.5, 0.6) is 17.2 Å². The van der Waals surface area contributed by atoms with Crippen molar-refractivity contribution in [1.29, 1.82) is 15.8 Å². The summed E-state index contributed by atoms with van der Waals surface area (Å²) in [5.41, 5.74) is 0.109. The van der Waals surface area contributed by atoms with Crippen LogP contribution < -0.4 is 14.2 Å². The van der Waals surface area contributed by atoms with Crippen molar-refractivity contribution in [1.82, 2.24) is 0 Å². The van der Waals surface area contributed by atoms with E-state index in [-0.39, 0.29) is 22.4 Å². The first kappa shape index (κ1) is 16.9. The highest BCUT2D eigenvalue weighted by Crippen LogP contribution is 2.47. The van der Waals surface area contributed by atoms with Gasteiger partial charge in [-0.1, -0.05) is 12.1 Å². The number of hydrogen-bond acceptors (Lipinski definition) is 6. The minimum Gasteiger partial charge on any atom is -0.496 e. The van der Waals surface area contributed by atoms with Crippen LogP contribution in [0.2, 0.25) is 0 Å². The molecule has 0 heterocycles. The number of hydrogen-bond donors (Lipinski definition) is 0. The quantitative estimate of drug-likeness (QED) is 0.673. The summed E-state index contributed by atoms with van der Waals surface area (Å²) < 4.78 is 16.5. The van der Waals surface area contributed by atoms with Crippen LogP contribution in [0.1, 0.15) is 16.7 Å². The van der Waals surface area contributed by atoms with E-state index in [0.717, 1.165) is 5.39 Å². The molecule has 0 spiro atoms. The van der Waals surface area contributed by atoms with Crippen LogP contribution in [0.15, 0.2) is 24.3 Å². The van der Waals surface area contributed by atoms with E-state index in [9.17, 15) is 15.8 Å². The Hall–Kier alpha value is -3.95. The minimum absolute atomic E-state index is 0.00611.